The van der Waals surface area contributed by atoms with Crippen LogP contribution in [0.25, 0.3) is 22.5 Å². The molecule has 0 aliphatic carbocycles. The molecule has 232 valence electrons. The molecule has 0 bridgehead atoms. The lowest BCUT2D eigenvalue weighted by molar-refractivity contribution is -0.133. The van der Waals surface area contributed by atoms with Gasteiger partial charge in [0.15, 0.2) is 6.61 Å². The number of hydrogen-bond acceptors (Lipinski definition) is 8. The summed E-state index contributed by atoms with van der Waals surface area (Å²) in [5.74, 6) is 2.02. The fourth-order valence-corrected chi connectivity index (χ4v) is 5.92. The fraction of sp³-hybridized carbons (Fsp3) is 0.324. The number of ether oxygens (including phenoxy) is 2. The third-order valence-corrected chi connectivity index (χ3v) is 8.21. The van der Waals surface area contributed by atoms with Gasteiger partial charge in [0, 0.05) is 50.8 Å². The Morgan fingerprint density at radius 2 is 1.67 bits per heavy atom. The maximum absolute atomic E-state index is 13.2. The first kappa shape index (κ1) is 29.9. The molecule has 45 heavy (non-hydrogen) atoms. The molecule has 1 aliphatic rings. The Morgan fingerprint density at radius 1 is 0.933 bits per heavy atom. The van der Waals surface area contributed by atoms with Gasteiger partial charge in [-0.25, -0.2) is 4.68 Å². The number of hydrogen-bond donors (Lipinski definition) is 1. The van der Waals surface area contributed by atoms with Gasteiger partial charge in [0.1, 0.15) is 5.75 Å². The van der Waals surface area contributed by atoms with Gasteiger partial charge in [-0.2, -0.15) is 10.3 Å². The number of benzene rings is 3. The Labute approximate surface area is 262 Å². The van der Waals surface area contributed by atoms with E-state index in [1.807, 2.05) is 48.3 Å². The van der Waals surface area contributed by atoms with Crippen molar-refractivity contribution >= 4 is 11.6 Å². The number of rotatable bonds is 11. The van der Waals surface area contributed by atoms with E-state index >= 15 is 0 Å². The SMILES string of the molecule is CCCc1nn(C)c(OCC(=O)N2CCN(c3ccccc3OC)CC2)c1Cc1ccc(-c2ccccc2-c2nn[nH]n2)cc1. The average Bonchev–Trinajstić information content (AvgIpc) is 3.72. The summed E-state index contributed by atoms with van der Waals surface area (Å²) < 4.78 is 13.5. The predicted molar refractivity (Wildman–Crippen MR) is 172 cm³/mol. The van der Waals surface area contributed by atoms with Crippen molar-refractivity contribution in [3.63, 3.8) is 0 Å². The number of anilines is 1. The zero-order valence-electron chi connectivity index (χ0n) is 25.9. The highest BCUT2D eigenvalue weighted by atomic mass is 16.5. The minimum absolute atomic E-state index is 0.0245. The number of nitrogens with zero attached hydrogens (tertiary/aromatic N) is 7. The van der Waals surface area contributed by atoms with Gasteiger partial charge in [-0.15, -0.1) is 10.2 Å². The summed E-state index contributed by atoms with van der Waals surface area (Å²) in [5.41, 5.74) is 7.21. The second kappa shape index (κ2) is 13.6. The van der Waals surface area contributed by atoms with Crippen molar-refractivity contribution in [2.75, 3.05) is 44.8 Å². The Morgan fingerprint density at radius 3 is 2.38 bits per heavy atom. The molecule has 11 nitrogen and oxygen atoms in total. The number of aromatic nitrogens is 6. The van der Waals surface area contributed by atoms with Crippen LogP contribution in [0.2, 0.25) is 0 Å². The largest absolute Gasteiger partial charge is 0.495 e. The van der Waals surface area contributed by atoms with Crippen LogP contribution in [0.1, 0.15) is 30.2 Å². The molecule has 0 atom stereocenters. The van der Waals surface area contributed by atoms with Crippen LogP contribution in [0.15, 0.2) is 72.8 Å². The number of H-pyrrole nitrogens is 1. The number of carbonyl (C=O) groups excluding carboxylic acids is 1. The van der Waals surface area contributed by atoms with Crippen LogP contribution in [-0.2, 0) is 24.7 Å². The molecule has 0 spiro atoms. The van der Waals surface area contributed by atoms with Gasteiger partial charge in [0.05, 0.1) is 18.5 Å². The van der Waals surface area contributed by atoms with Crippen LogP contribution in [0.4, 0.5) is 5.69 Å². The number of aryl methyl sites for hydroxylation is 2. The van der Waals surface area contributed by atoms with Gasteiger partial charge in [-0.1, -0.05) is 74.0 Å². The first-order valence-electron chi connectivity index (χ1n) is 15.3. The van der Waals surface area contributed by atoms with E-state index in [0.717, 1.165) is 70.9 Å². The second-order valence-electron chi connectivity index (χ2n) is 11.1. The molecule has 2 aromatic heterocycles. The highest BCUT2D eigenvalue weighted by Gasteiger charge is 2.25. The summed E-state index contributed by atoms with van der Waals surface area (Å²) in [6.45, 7) is 4.84. The van der Waals surface area contributed by atoms with Crippen molar-refractivity contribution < 1.29 is 14.3 Å². The molecular weight excluding hydrogens is 568 g/mol. The van der Waals surface area contributed by atoms with E-state index in [-0.39, 0.29) is 12.5 Å². The van der Waals surface area contributed by atoms with Crippen LogP contribution < -0.4 is 14.4 Å². The van der Waals surface area contributed by atoms with Gasteiger partial charge in [-0.05, 0) is 40.5 Å². The van der Waals surface area contributed by atoms with E-state index in [9.17, 15) is 4.79 Å². The highest BCUT2D eigenvalue weighted by Crippen LogP contribution is 2.32. The van der Waals surface area contributed by atoms with Crippen molar-refractivity contribution in [3.8, 4) is 34.1 Å². The molecule has 1 amide bonds. The third kappa shape index (κ3) is 6.52. The smallest absolute Gasteiger partial charge is 0.260 e. The van der Waals surface area contributed by atoms with Crippen molar-refractivity contribution in [1.82, 2.24) is 35.3 Å². The van der Waals surface area contributed by atoms with Crippen LogP contribution in [0, 0.1) is 0 Å². The molecule has 0 saturated carbocycles. The third-order valence-electron chi connectivity index (χ3n) is 8.21. The van der Waals surface area contributed by atoms with Crippen LogP contribution in [0.5, 0.6) is 11.6 Å². The standard InChI is InChI=1S/C34H38N8O3/c1-4-9-29-28(22-24-14-16-25(17-15-24)26-10-5-6-11-27(26)33-35-38-39-36-33)34(40(2)37-29)45-23-32(43)42-20-18-41(19-21-42)30-12-7-8-13-31(30)44-3/h5-8,10-17H,4,9,18-23H2,1-3H3,(H,35,36,38,39). The van der Waals surface area contributed by atoms with E-state index in [1.54, 1.807) is 11.8 Å². The van der Waals surface area contributed by atoms with Crippen molar-refractivity contribution in [1.29, 1.82) is 0 Å². The summed E-state index contributed by atoms with van der Waals surface area (Å²) in [4.78, 5) is 17.4. The summed E-state index contributed by atoms with van der Waals surface area (Å²) in [7, 11) is 3.56. The minimum Gasteiger partial charge on any atom is -0.495 e. The first-order chi connectivity index (χ1) is 22.1. The topological polar surface area (TPSA) is 114 Å². The maximum Gasteiger partial charge on any atom is 0.260 e. The summed E-state index contributed by atoms with van der Waals surface area (Å²) in [6.07, 6.45) is 2.45. The van der Waals surface area contributed by atoms with Gasteiger partial charge < -0.3 is 19.3 Å². The number of amides is 1. The summed E-state index contributed by atoms with van der Waals surface area (Å²) in [6, 6.07) is 24.5. The van der Waals surface area contributed by atoms with Crippen molar-refractivity contribution in [2.24, 2.45) is 7.05 Å². The fourth-order valence-electron chi connectivity index (χ4n) is 5.92. The zero-order chi connectivity index (χ0) is 31.2. The number of methoxy groups -OCH3 is 1. The molecule has 1 saturated heterocycles. The molecule has 11 heteroatoms. The minimum atomic E-state index is -0.0292. The van der Waals surface area contributed by atoms with Crippen LogP contribution >= 0.6 is 0 Å². The molecule has 1 aliphatic heterocycles. The average molecular weight is 607 g/mol. The number of para-hydroxylation sites is 2. The molecule has 3 aromatic carbocycles. The van der Waals surface area contributed by atoms with Gasteiger partial charge >= 0.3 is 0 Å². The zero-order valence-corrected chi connectivity index (χ0v) is 25.9. The molecule has 3 heterocycles. The number of nitrogens with one attached hydrogen (secondary N) is 1. The van der Waals surface area contributed by atoms with Gasteiger partial charge in [0.25, 0.3) is 5.91 Å². The van der Waals surface area contributed by atoms with E-state index in [0.29, 0.717) is 31.2 Å². The van der Waals surface area contributed by atoms with E-state index < -0.39 is 0 Å². The lowest BCUT2D eigenvalue weighted by atomic mass is 9.96. The monoisotopic (exact) mass is 606 g/mol. The molecule has 1 fully saturated rings. The number of tetrazole rings is 1. The van der Waals surface area contributed by atoms with Crippen molar-refractivity contribution in [2.45, 2.75) is 26.2 Å². The van der Waals surface area contributed by atoms with Gasteiger partial charge in [0.2, 0.25) is 11.7 Å². The number of carbonyl (C=O) groups is 1. The predicted octanol–water partition coefficient (Wildman–Crippen LogP) is 4.55. The Hall–Kier alpha value is -5.19. The maximum atomic E-state index is 13.2. The van der Waals surface area contributed by atoms with Crippen molar-refractivity contribution in [3.05, 3.63) is 89.6 Å². The van der Waals surface area contributed by atoms with E-state index in [2.05, 4.69) is 68.8 Å². The lowest BCUT2D eigenvalue weighted by Gasteiger charge is -2.36. The molecular formula is C34H38N8O3. The van der Waals surface area contributed by atoms with E-state index in [1.165, 1.54) is 0 Å². The molecule has 0 radical (unpaired) electrons. The summed E-state index contributed by atoms with van der Waals surface area (Å²) in [5, 5.41) is 19.4. The quantitative estimate of drug-likeness (QED) is 0.233. The van der Waals surface area contributed by atoms with E-state index in [4.69, 9.17) is 14.6 Å². The molecule has 6 rings (SSSR count). The Bertz CT molecular complexity index is 1720. The molecule has 1 N–H and O–H groups in total. The van der Waals surface area contributed by atoms with Gasteiger partial charge in [-0.3, -0.25) is 4.79 Å². The summed E-state index contributed by atoms with van der Waals surface area (Å²) >= 11 is 0. The molecule has 0 unspecified atom stereocenters. The molecule has 5 aromatic rings. The highest BCUT2D eigenvalue weighted by molar-refractivity contribution is 5.80. The Balaban J connectivity index is 1.13. The Kier molecular flexibility index (Phi) is 9.04. The number of aromatic amines is 1. The van der Waals surface area contributed by atoms with Crippen LogP contribution in [-0.4, -0.2) is 81.1 Å². The second-order valence-corrected chi connectivity index (χ2v) is 11.1. The number of piperazine rings is 1. The van der Waals surface area contributed by atoms with Crippen LogP contribution in [0.3, 0.4) is 0 Å². The first-order valence-corrected chi connectivity index (χ1v) is 15.3. The lowest BCUT2D eigenvalue weighted by Crippen LogP contribution is -2.50. The normalized spacial score (nSPS) is 13.2.